The zero-order valence-electron chi connectivity index (χ0n) is 24.2. The topological polar surface area (TPSA) is 95.6 Å². The van der Waals surface area contributed by atoms with Gasteiger partial charge in [0.25, 0.3) is 11.5 Å². The Bertz CT molecular complexity index is 1730. The number of fused-ring (bicyclic) bond motifs is 2. The summed E-state index contributed by atoms with van der Waals surface area (Å²) in [6, 6.07) is 15.5. The van der Waals surface area contributed by atoms with Gasteiger partial charge in [0.15, 0.2) is 5.82 Å². The minimum Gasteiger partial charge on any atom is -0.392 e. The second-order valence-corrected chi connectivity index (χ2v) is 12.1. The number of carbonyl (C=O) groups is 1. The molecule has 0 aliphatic carbocycles. The van der Waals surface area contributed by atoms with Crippen LogP contribution in [0.5, 0.6) is 0 Å². The molecule has 0 fully saturated rings. The van der Waals surface area contributed by atoms with Crippen molar-refractivity contribution in [3.05, 3.63) is 93.0 Å². The zero-order chi connectivity index (χ0) is 29.1. The van der Waals surface area contributed by atoms with Gasteiger partial charge in [-0.15, -0.1) is 0 Å². The molecule has 2 aliphatic heterocycles. The van der Waals surface area contributed by atoms with Crippen molar-refractivity contribution in [2.75, 3.05) is 23.8 Å². The highest BCUT2D eigenvalue weighted by Gasteiger charge is 2.31. The summed E-state index contributed by atoms with van der Waals surface area (Å²) in [7, 11) is 3.79. The number of pyridine rings is 1. The van der Waals surface area contributed by atoms with Crippen molar-refractivity contribution >= 4 is 23.1 Å². The van der Waals surface area contributed by atoms with Crippen molar-refractivity contribution in [3.8, 4) is 11.1 Å². The summed E-state index contributed by atoms with van der Waals surface area (Å²) in [5, 5.41) is 18.5. The Hall–Kier alpha value is -4.21. The fourth-order valence-corrected chi connectivity index (χ4v) is 5.79. The standard InChI is InChI=1S/C32H36N6O3/c1-32(2,3)22-9-10-25-20(13-22)17-37(30(25)40)28-8-6-7-24(26(28)19-39)21-14-27(31(41)36(5)16-21)33-29-15-23-18-35(4)11-12-38(23)34-29/h6-10,13-16,39H,11-12,17-19H2,1-5H3,(H,33,34). The molecule has 2 N–H and O–H groups in total. The predicted octanol–water partition coefficient (Wildman–Crippen LogP) is 4.39. The smallest absolute Gasteiger partial charge is 0.274 e. The molecule has 0 spiro atoms. The average molecular weight is 553 g/mol. The van der Waals surface area contributed by atoms with Crippen molar-refractivity contribution in [3.63, 3.8) is 0 Å². The molecule has 4 aromatic rings. The van der Waals surface area contributed by atoms with Crippen LogP contribution in [0.3, 0.4) is 0 Å². The van der Waals surface area contributed by atoms with Gasteiger partial charge in [0.05, 0.1) is 31.1 Å². The average Bonchev–Trinajstić information content (AvgIpc) is 3.49. The third-order valence-corrected chi connectivity index (χ3v) is 8.12. The lowest BCUT2D eigenvalue weighted by Crippen LogP contribution is -2.30. The second-order valence-electron chi connectivity index (χ2n) is 12.1. The number of amides is 1. The Morgan fingerprint density at radius 2 is 1.78 bits per heavy atom. The molecule has 0 saturated carbocycles. The van der Waals surface area contributed by atoms with Gasteiger partial charge in [0.2, 0.25) is 0 Å². The third-order valence-electron chi connectivity index (χ3n) is 8.12. The number of rotatable bonds is 5. The highest BCUT2D eigenvalue weighted by atomic mass is 16.3. The van der Waals surface area contributed by atoms with Gasteiger partial charge in [-0.2, -0.15) is 5.10 Å². The molecule has 1 amide bonds. The first-order valence-corrected chi connectivity index (χ1v) is 13.9. The number of aryl methyl sites for hydroxylation is 1. The van der Waals surface area contributed by atoms with Gasteiger partial charge in [-0.1, -0.05) is 45.0 Å². The number of nitrogens with zero attached hydrogens (tertiary/aromatic N) is 5. The van der Waals surface area contributed by atoms with E-state index in [0.29, 0.717) is 34.9 Å². The summed E-state index contributed by atoms with van der Waals surface area (Å²) in [5.41, 5.74) is 6.94. The second kappa shape index (κ2) is 10.0. The van der Waals surface area contributed by atoms with Crippen LogP contribution in [0.2, 0.25) is 0 Å². The quantitative estimate of drug-likeness (QED) is 0.381. The molecular formula is C32H36N6O3. The largest absolute Gasteiger partial charge is 0.392 e. The number of hydrogen-bond acceptors (Lipinski definition) is 6. The molecule has 2 aliphatic rings. The molecular weight excluding hydrogens is 516 g/mol. The number of hydrogen-bond donors (Lipinski definition) is 2. The summed E-state index contributed by atoms with van der Waals surface area (Å²) in [5.74, 6) is 0.542. The molecule has 4 heterocycles. The Kier molecular flexibility index (Phi) is 6.59. The van der Waals surface area contributed by atoms with E-state index in [1.54, 1.807) is 24.2 Å². The van der Waals surface area contributed by atoms with Crippen LogP contribution in [0, 0.1) is 0 Å². The molecule has 0 unspecified atom stereocenters. The number of carbonyl (C=O) groups excluding carboxylic acids is 1. The summed E-state index contributed by atoms with van der Waals surface area (Å²) in [6.07, 6.45) is 1.76. The number of aliphatic hydroxyl groups is 1. The van der Waals surface area contributed by atoms with E-state index in [1.165, 1.54) is 10.1 Å². The van der Waals surface area contributed by atoms with E-state index >= 15 is 0 Å². The maximum atomic E-state index is 13.5. The van der Waals surface area contributed by atoms with Gasteiger partial charge in [-0.05, 0) is 47.4 Å². The summed E-state index contributed by atoms with van der Waals surface area (Å²) in [4.78, 5) is 30.6. The molecule has 0 atom stereocenters. The van der Waals surface area contributed by atoms with Crippen molar-refractivity contribution in [2.45, 2.75) is 52.4 Å². The number of benzene rings is 2. The molecule has 0 radical (unpaired) electrons. The van der Waals surface area contributed by atoms with E-state index in [-0.39, 0.29) is 23.5 Å². The van der Waals surface area contributed by atoms with Crippen LogP contribution in [-0.4, -0.2) is 43.9 Å². The van der Waals surface area contributed by atoms with E-state index < -0.39 is 0 Å². The summed E-state index contributed by atoms with van der Waals surface area (Å²) >= 11 is 0. The molecule has 0 saturated heterocycles. The van der Waals surface area contributed by atoms with Crippen molar-refractivity contribution in [1.82, 2.24) is 19.2 Å². The van der Waals surface area contributed by atoms with Gasteiger partial charge >= 0.3 is 0 Å². The molecule has 9 nitrogen and oxygen atoms in total. The summed E-state index contributed by atoms with van der Waals surface area (Å²) < 4.78 is 3.50. The van der Waals surface area contributed by atoms with Gasteiger partial charge < -0.3 is 19.9 Å². The first-order valence-electron chi connectivity index (χ1n) is 13.9. The molecule has 41 heavy (non-hydrogen) atoms. The van der Waals surface area contributed by atoms with E-state index in [0.717, 1.165) is 42.0 Å². The van der Waals surface area contributed by atoms with Crippen LogP contribution in [-0.2, 0) is 38.7 Å². The monoisotopic (exact) mass is 552 g/mol. The van der Waals surface area contributed by atoms with Crippen LogP contribution in [0.25, 0.3) is 11.1 Å². The zero-order valence-corrected chi connectivity index (χ0v) is 24.2. The number of aromatic nitrogens is 3. The highest BCUT2D eigenvalue weighted by molar-refractivity contribution is 6.10. The molecule has 0 bridgehead atoms. The van der Waals surface area contributed by atoms with Crippen LogP contribution in [0.4, 0.5) is 17.2 Å². The van der Waals surface area contributed by atoms with E-state index in [1.807, 2.05) is 41.1 Å². The van der Waals surface area contributed by atoms with Crippen LogP contribution in [0.15, 0.2) is 59.5 Å². The molecule has 2 aromatic heterocycles. The Balaban J connectivity index is 1.36. The van der Waals surface area contributed by atoms with E-state index in [9.17, 15) is 14.7 Å². The van der Waals surface area contributed by atoms with E-state index in [4.69, 9.17) is 0 Å². The maximum absolute atomic E-state index is 13.5. The Morgan fingerprint density at radius 1 is 0.976 bits per heavy atom. The Morgan fingerprint density at radius 3 is 2.54 bits per heavy atom. The number of nitrogens with one attached hydrogen (secondary N) is 1. The lowest BCUT2D eigenvalue weighted by Gasteiger charge is -2.22. The molecule has 9 heteroatoms. The Labute approximate surface area is 239 Å². The SMILES string of the molecule is CN1CCn2nc(Nc3cc(-c4cccc(N5Cc6cc(C(C)(C)C)ccc6C5=O)c4CO)cn(C)c3=O)cc2C1. The van der Waals surface area contributed by atoms with Crippen LogP contribution < -0.4 is 15.8 Å². The molecule has 2 aromatic carbocycles. The first kappa shape index (κ1) is 27.0. The fraction of sp³-hybridized carbons (Fsp3) is 0.344. The number of likely N-dealkylation sites (N-methyl/N-ethyl adjacent to an activating group) is 1. The van der Waals surface area contributed by atoms with Crippen molar-refractivity contribution < 1.29 is 9.90 Å². The first-order chi connectivity index (χ1) is 19.5. The lowest BCUT2D eigenvalue weighted by atomic mass is 9.85. The normalized spacial score (nSPS) is 15.3. The minimum absolute atomic E-state index is 0.0249. The highest BCUT2D eigenvalue weighted by Crippen LogP contribution is 2.37. The molecule has 6 rings (SSSR count). The summed E-state index contributed by atoms with van der Waals surface area (Å²) in [6.45, 7) is 9.19. The number of anilines is 3. The molecule has 212 valence electrons. The van der Waals surface area contributed by atoms with Crippen molar-refractivity contribution in [2.24, 2.45) is 7.05 Å². The number of aliphatic hydroxyl groups excluding tert-OH is 1. The predicted molar refractivity (Wildman–Crippen MR) is 161 cm³/mol. The van der Waals surface area contributed by atoms with Gasteiger partial charge in [0, 0.05) is 49.1 Å². The maximum Gasteiger partial charge on any atom is 0.274 e. The third kappa shape index (κ3) is 4.85. The van der Waals surface area contributed by atoms with Crippen LogP contribution in [0.1, 0.15) is 53.5 Å². The van der Waals surface area contributed by atoms with Gasteiger partial charge in [-0.3, -0.25) is 19.2 Å². The van der Waals surface area contributed by atoms with Crippen molar-refractivity contribution in [1.29, 1.82) is 0 Å². The fourth-order valence-electron chi connectivity index (χ4n) is 5.79. The van der Waals surface area contributed by atoms with E-state index in [2.05, 4.69) is 49.2 Å². The minimum atomic E-state index is -0.258. The van der Waals surface area contributed by atoms with Gasteiger partial charge in [0.1, 0.15) is 5.69 Å². The van der Waals surface area contributed by atoms with Gasteiger partial charge in [-0.25, -0.2) is 0 Å². The lowest BCUT2D eigenvalue weighted by molar-refractivity contribution is 0.0996. The van der Waals surface area contributed by atoms with Crippen LogP contribution >= 0.6 is 0 Å².